The van der Waals surface area contributed by atoms with Crippen LogP contribution in [0, 0.1) is 34.0 Å². The van der Waals surface area contributed by atoms with Gasteiger partial charge in [-0.15, -0.1) is 0 Å². The van der Waals surface area contributed by atoms with Crippen LogP contribution in [0.3, 0.4) is 0 Å². The molecule has 2 bridgehead atoms. The van der Waals surface area contributed by atoms with Crippen LogP contribution in [0.4, 0.5) is 0 Å². The number of ether oxygens (including phenoxy) is 5. The van der Waals surface area contributed by atoms with Crippen LogP contribution in [0.25, 0.3) is 0 Å². The molecule has 3 saturated carbocycles. The van der Waals surface area contributed by atoms with Gasteiger partial charge in [-0.05, 0) is 54.5 Å². The van der Waals surface area contributed by atoms with Gasteiger partial charge in [-0.3, -0.25) is 19.2 Å². The van der Waals surface area contributed by atoms with Crippen molar-refractivity contribution in [1.82, 2.24) is 5.32 Å². The van der Waals surface area contributed by atoms with Crippen molar-refractivity contribution in [3.05, 3.63) is 82.9 Å². The fourth-order valence-electron chi connectivity index (χ4n) is 10.3. The molecule has 1 heterocycles. The summed E-state index contributed by atoms with van der Waals surface area (Å²) in [5.41, 5.74) is -5.17. The number of nitrogens with one attached hydrogen (secondary N) is 1. The van der Waals surface area contributed by atoms with Crippen molar-refractivity contribution in [2.75, 3.05) is 6.61 Å². The van der Waals surface area contributed by atoms with Gasteiger partial charge in [-0.2, -0.15) is 0 Å². The zero-order valence-corrected chi connectivity index (χ0v) is 34.6. The normalized spacial score (nSPS) is 33.8. The van der Waals surface area contributed by atoms with E-state index < -0.39 is 112 Å². The van der Waals surface area contributed by atoms with Crippen molar-refractivity contribution in [2.24, 2.45) is 34.0 Å². The minimum Gasteiger partial charge on any atom is -0.456 e. The molecule has 3 N–H and O–H groups in total. The Bertz CT molecular complexity index is 2090. The lowest BCUT2D eigenvalue weighted by atomic mass is 9.49. The zero-order valence-electron chi connectivity index (χ0n) is 34.6. The summed E-state index contributed by atoms with van der Waals surface area (Å²) in [5.74, 6) is -8.37. The quantitative estimate of drug-likeness (QED) is 0.184. The van der Waals surface area contributed by atoms with Gasteiger partial charge in [-0.1, -0.05) is 83.1 Å². The van der Waals surface area contributed by atoms with Gasteiger partial charge in [-0.25, -0.2) is 9.59 Å². The fourth-order valence-corrected chi connectivity index (χ4v) is 10.3. The van der Waals surface area contributed by atoms with E-state index in [1.807, 2.05) is 0 Å². The number of hydrogen-bond donors (Lipinski definition) is 3. The van der Waals surface area contributed by atoms with E-state index >= 15 is 4.79 Å². The van der Waals surface area contributed by atoms with Crippen molar-refractivity contribution in [3.8, 4) is 0 Å². The molecule has 1 spiro atoms. The average molecular weight is 816 g/mol. The average Bonchev–Trinajstić information content (AvgIpc) is 3.90. The summed E-state index contributed by atoms with van der Waals surface area (Å²) >= 11 is 0. The monoisotopic (exact) mass is 815 g/mol. The van der Waals surface area contributed by atoms with E-state index in [0.717, 1.165) is 6.92 Å². The van der Waals surface area contributed by atoms with Gasteiger partial charge in [0, 0.05) is 42.4 Å². The van der Waals surface area contributed by atoms with E-state index in [9.17, 15) is 34.2 Å². The topological polar surface area (TPSA) is 201 Å². The van der Waals surface area contributed by atoms with Crippen molar-refractivity contribution < 1.29 is 62.7 Å². The second kappa shape index (κ2) is 14.7. The van der Waals surface area contributed by atoms with Gasteiger partial charge in [0.05, 0.1) is 24.1 Å². The Kier molecular flexibility index (Phi) is 10.5. The van der Waals surface area contributed by atoms with Gasteiger partial charge in [0.2, 0.25) is 11.7 Å². The maximum absolute atomic E-state index is 15.4. The van der Waals surface area contributed by atoms with E-state index in [-0.39, 0.29) is 35.7 Å². The third-order valence-corrected chi connectivity index (χ3v) is 13.5. The maximum atomic E-state index is 15.4. The lowest BCUT2D eigenvalue weighted by Gasteiger charge is -2.64. The minimum atomic E-state index is -2.25. The maximum Gasteiger partial charge on any atom is 0.338 e. The van der Waals surface area contributed by atoms with E-state index in [1.54, 1.807) is 90.1 Å². The number of benzene rings is 2. The molecule has 1 amide bonds. The Morgan fingerprint density at radius 2 is 1.51 bits per heavy atom. The molecule has 2 aromatic rings. The van der Waals surface area contributed by atoms with Crippen LogP contribution in [-0.2, 0) is 47.7 Å². The molecule has 316 valence electrons. The summed E-state index contributed by atoms with van der Waals surface area (Å²) < 4.78 is 30.7. The summed E-state index contributed by atoms with van der Waals surface area (Å²) in [6, 6.07) is 15.2. The number of carbonyl (C=O) groups is 6. The third-order valence-electron chi connectivity index (χ3n) is 13.5. The van der Waals surface area contributed by atoms with Gasteiger partial charge < -0.3 is 39.2 Å². The molecular formula is C45H53NO13. The van der Waals surface area contributed by atoms with Crippen molar-refractivity contribution in [1.29, 1.82) is 0 Å². The largest absolute Gasteiger partial charge is 0.456 e. The Balaban J connectivity index is 1.39. The number of fused-ring (bicyclic) bond motifs is 4. The standard InChI is InChI=1S/C45H53NO13/c1-23-30(57-39(52)33(49)32(26-15-11-9-12-16-26)46-40(53)41(4,5)6)21-44(54)37(58-38(51)27-17-13-10-14-18-27)35-43(36(50)34(56-24(2)47)31(23)42(44,7)8)20-28(43)19-29-22-55-45(29,35)59-25(3)48/h9-18,28-30,32-35,37,49,54H,19-22H2,1-8H3,(H,46,53)/t28-,29+,30+,32+,33-,34-,35+,37+,43-,44-,45+/m1/s1. The molecule has 0 unspecified atom stereocenters. The molecule has 5 aliphatic rings. The van der Waals surface area contributed by atoms with Crippen LogP contribution in [0.2, 0.25) is 0 Å². The molecule has 7 rings (SSSR count). The summed E-state index contributed by atoms with van der Waals surface area (Å²) in [6.07, 6.45) is -6.37. The Morgan fingerprint density at radius 3 is 2.07 bits per heavy atom. The van der Waals surface area contributed by atoms with Gasteiger partial charge in [0.15, 0.2) is 18.0 Å². The molecule has 14 heteroatoms. The first-order valence-corrected chi connectivity index (χ1v) is 20.1. The van der Waals surface area contributed by atoms with Crippen molar-refractivity contribution >= 4 is 35.6 Å². The Morgan fingerprint density at radius 1 is 0.881 bits per heavy atom. The van der Waals surface area contributed by atoms with Gasteiger partial charge in [0.1, 0.15) is 17.8 Å². The highest BCUT2D eigenvalue weighted by molar-refractivity contribution is 5.97. The summed E-state index contributed by atoms with van der Waals surface area (Å²) in [7, 11) is 0. The SMILES string of the molecule is CC(=O)O[C@H]1C(=O)[C@]23C[C@H]2C[C@H]2CO[C@@]2(OC(C)=O)[C@H]3[C@H](OC(=O)c2ccccc2)[C@]2(O)C[C@H](OC(=O)[C@H](O)[C@@H](NC(=O)C(C)(C)C)c3ccccc3)C(C)=C1C2(C)C. The highest BCUT2D eigenvalue weighted by Gasteiger charge is 2.84. The molecule has 4 fully saturated rings. The number of aliphatic hydroxyl groups excluding tert-OH is 1. The van der Waals surface area contributed by atoms with E-state index in [2.05, 4.69) is 5.32 Å². The van der Waals surface area contributed by atoms with Crippen LogP contribution in [0.1, 0.15) is 96.6 Å². The zero-order chi connectivity index (χ0) is 43.0. The fraction of sp³-hybridized carbons (Fsp3) is 0.556. The number of rotatable bonds is 9. The number of amides is 1. The van der Waals surface area contributed by atoms with Crippen LogP contribution in [0.5, 0.6) is 0 Å². The smallest absolute Gasteiger partial charge is 0.338 e. The number of ketones is 1. The lowest BCUT2D eigenvalue weighted by Crippen LogP contribution is -2.76. The highest BCUT2D eigenvalue weighted by Crippen LogP contribution is 2.75. The Hall–Kier alpha value is -4.92. The predicted molar refractivity (Wildman–Crippen MR) is 208 cm³/mol. The second-order valence-electron chi connectivity index (χ2n) is 18.4. The van der Waals surface area contributed by atoms with Gasteiger partial charge in [0.25, 0.3) is 0 Å². The summed E-state index contributed by atoms with van der Waals surface area (Å²) in [6.45, 7) is 12.4. The van der Waals surface area contributed by atoms with Crippen molar-refractivity contribution in [2.45, 2.75) is 116 Å². The minimum absolute atomic E-state index is 0.136. The molecular weight excluding hydrogens is 762 g/mol. The molecule has 2 aromatic carbocycles. The Labute approximate surface area is 342 Å². The van der Waals surface area contributed by atoms with Gasteiger partial charge >= 0.3 is 23.9 Å². The van der Waals surface area contributed by atoms with Crippen LogP contribution in [-0.4, -0.2) is 88.2 Å². The molecule has 59 heavy (non-hydrogen) atoms. The molecule has 4 aliphatic carbocycles. The first kappa shape index (κ1) is 42.2. The predicted octanol–water partition coefficient (Wildman–Crippen LogP) is 4.31. The first-order valence-electron chi connectivity index (χ1n) is 20.1. The number of Topliss-reactive ketones (excluding diaryl/α,β-unsaturated/α-hetero) is 1. The second-order valence-corrected chi connectivity index (χ2v) is 18.4. The number of esters is 4. The first-order chi connectivity index (χ1) is 27.6. The summed E-state index contributed by atoms with van der Waals surface area (Å²) in [4.78, 5) is 83.0. The van der Waals surface area contributed by atoms with Crippen molar-refractivity contribution in [3.63, 3.8) is 0 Å². The van der Waals surface area contributed by atoms with Crippen LogP contribution >= 0.6 is 0 Å². The van der Waals surface area contributed by atoms with E-state index in [4.69, 9.17) is 23.7 Å². The molecule has 0 aromatic heterocycles. The molecule has 14 nitrogen and oxygen atoms in total. The molecule has 0 radical (unpaired) electrons. The number of aliphatic hydroxyl groups is 2. The van der Waals surface area contributed by atoms with E-state index in [0.29, 0.717) is 12.0 Å². The third kappa shape index (κ3) is 6.77. The number of carbonyl (C=O) groups excluding carboxylic acids is 6. The summed E-state index contributed by atoms with van der Waals surface area (Å²) in [5, 5.41) is 28.1. The number of hydrogen-bond acceptors (Lipinski definition) is 13. The molecule has 1 aliphatic heterocycles. The highest BCUT2D eigenvalue weighted by atomic mass is 16.7. The van der Waals surface area contributed by atoms with E-state index in [1.165, 1.54) is 19.1 Å². The van der Waals surface area contributed by atoms with Crippen LogP contribution in [0.15, 0.2) is 71.8 Å². The molecule has 11 atom stereocenters. The molecule has 1 saturated heterocycles. The lowest BCUT2D eigenvalue weighted by molar-refractivity contribution is -0.392. The van der Waals surface area contributed by atoms with Crippen LogP contribution < -0.4 is 5.32 Å².